The molecular weight excluding hydrogens is 472 g/mol. The highest BCUT2D eigenvalue weighted by Gasteiger charge is 2.36. The van der Waals surface area contributed by atoms with Gasteiger partial charge in [-0.15, -0.1) is 0 Å². The fraction of sp³-hybridized carbons (Fsp3) is 0.286. The highest BCUT2D eigenvalue weighted by atomic mass is 79.9. The molecule has 4 rings (SSSR count). The van der Waals surface area contributed by atoms with Gasteiger partial charge in [0.15, 0.2) is 5.43 Å². The molecule has 2 aromatic carbocycles. The van der Waals surface area contributed by atoms with Gasteiger partial charge in [-0.05, 0) is 26.1 Å². The van der Waals surface area contributed by atoms with E-state index in [1.165, 1.54) is 18.2 Å². The normalized spacial score (nSPS) is 19.2. The van der Waals surface area contributed by atoms with Crippen molar-refractivity contribution in [3.05, 3.63) is 60.7 Å². The van der Waals surface area contributed by atoms with Crippen LogP contribution in [0, 0.1) is 10.1 Å². The number of aromatic hydroxyl groups is 2. The first-order valence-electron chi connectivity index (χ1n) is 9.51. The molecule has 1 aliphatic rings. The van der Waals surface area contributed by atoms with Gasteiger partial charge < -0.3 is 24.6 Å². The lowest BCUT2D eigenvalue weighted by molar-refractivity contribution is -0.384. The van der Waals surface area contributed by atoms with Crippen LogP contribution >= 0.6 is 15.9 Å². The summed E-state index contributed by atoms with van der Waals surface area (Å²) in [5.41, 5.74) is -0.143. The largest absolute Gasteiger partial charge is 0.507 e. The summed E-state index contributed by atoms with van der Waals surface area (Å²) in [6, 6.07) is 6.01. The van der Waals surface area contributed by atoms with Crippen LogP contribution in [0.1, 0.15) is 17.9 Å². The maximum atomic E-state index is 12.9. The second-order valence-corrected chi connectivity index (χ2v) is 8.41. The smallest absolute Gasteiger partial charge is 0.270 e. The van der Waals surface area contributed by atoms with Crippen LogP contribution in [0.5, 0.6) is 11.5 Å². The number of hydrogen-bond donors (Lipinski definition) is 3. The minimum Gasteiger partial charge on any atom is -0.507 e. The number of nitro benzene ring substituents is 1. The van der Waals surface area contributed by atoms with Gasteiger partial charge in [-0.3, -0.25) is 14.9 Å². The molecule has 10 heteroatoms. The van der Waals surface area contributed by atoms with Crippen LogP contribution in [-0.2, 0) is 0 Å². The van der Waals surface area contributed by atoms with E-state index in [1.807, 2.05) is 11.9 Å². The Labute approximate surface area is 184 Å². The molecule has 0 radical (unpaired) electrons. The van der Waals surface area contributed by atoms with Gasteiger partial charge in [0.1, 0.15) is 28.2 Å². The zero-order valence-electron chi connectivity index (χ0n) is 16.4. The van der Waals surface area contributed by atoms with Gasteiger partial charge in [0.05, 0.1) is 11.5 Å². The number of likely N-dealkylation sites (N-methyl/N-ethyl adjacent to an activating group) is 1. The molecule has 1 unspecified atom stereocenters. The van der Waals surface area contributed by atoms with Gasteiger partial charge in [-0.2, -0.15) is 0 Å². The summed E-state index contributed by atoms with van der Waals surface area (Å²) in [4.78, 5) is 25.5. The van der Waals surface area contributed by atoms with E-state index in [1.54, 1.807) is 0 Å². The molecule has 0 amide bonds. The van der Waals surface area contributed by atoms with Crippen molar-refractivity contribution in [3.63, 3.8) is 0 Å². The number of halogens is 1. The van der Waals surface area contributed by atoms with E-state index < -0.39 is 16.1 Å². The summed E-state index contributed by atoms with van der Waals surface area (Å²) in [5, 5.41) is 41.9. The lowest BCUT2D eigenvalue weighted by Crippen LogP contribution is -2.32. The van der Waals surface area contributed by atoms with Gasteiger partial charge in [0, 0.05) is 51.8 Å². The number of phenols is 2. The Kier molecular flexibility index (Phi) is 5.46. The van der Waals surface area contributed by atoms with Gasteiger partial charge in [0.25, 0.3) is 5.69 Å². The number of likely N-dealkylation sites (tertiary alicyclic amines) is 1. The van der Waals surface area contributed by atoms with Crippen molar-refractivity contribution in [3.8, 4) is 22.8 Å². The number of phenolic OH excluding ortho intramolecular Hbond substituents is 2. The molecule has 1 saturated heterocycles. The molecule has 1 fully saturated rings. The average Bonchev–Trinajstić information content (AvgIpc) is 3.07. The van der Waals surface area contributed by atoms with E-state index in [9.17, 15) is 30.2 Å². The first kappa shape index (κ1) is 21.3. The van der Waals surface area contributed by atoms with Crippen LogP contribution < -0.4 is 5.43 Å². The molecule has 1 aliphatic heterocycles. The zero-order valence-corrected chi connectivity index (χ0v) is 18.0. The number of aliphatic hydroxyl groups is 1. The fourth-order valence-electron chi connectivity index (χ4n) is 4.24. The van der Waals surface area contributed by atoms with Crippen LogP contribution in [-0.4, -0.2) is 51.4 Å². The van der Waals surface area contributed by atoms with Crippen LogP contribution in [0.15, 0.2) is 44.0 Å². The van der Waals surface area contributed by atoms with E-state index in [0.29, 0.717) is 23.0 Å². The molecule has 2 heterocycles. The Morgan fingerprint density at radius 3 is 2.68 bits per heavy atom. The summed E-state index contributed by atoms with van der Waals surface area (Å²) in [7, 11) is 1.85. The van der Waals surface area contributed by atoms with Crippen LogP contribution in [0.25, 0.3) is 22.3 Å². The highest BCUT2D eigenvalue weighted by Crippen LogP contribution is 2.44. The number of hydrogen-bond acceptors (Lipinski definition) is 8. The fourth-order valence-corrected chi connectivity index (χ4v) is 4.68. The highest BCUT2D eigenvalue weighted by molar-refractivity contribution is 9.10. The lowest BCUT2D eigenvalue weighted by atomic mass is 9.89. The lowest BCUT2D eigenvalue weighted by Gasteiger charge is -2.24. The van der Waals surface area contributed by atoms with Crippen molar-refractivity contribution in [1.29, 1.82) is 0 Å². The van der Waals surface area contributed by atoms with Crippen molar-refractivity contribution in [2.45, 2.75) is 18.4 Å². The summed E-state index contributed by atoms with van der Waals surface area (Å²) >= 11 is 3.32. The van der Waals surface area contributed by atoms with Crippen LogP contribution in [0.2, 0.25) is 0 Å². The molecule has 31 heavy (non-hydrogen) atoms. The maximum absolute atomic E-state index is 12.9. The van der Waals surface area contributed by atoms with Crippen molar-refractivity contribution in [1.82, 2.24) is 4.90 Å². The van der Waals surface area contributed by atoms with Gasteiger partial charge in [0.2, 0.25) is 0 Å². The average molecular weight is 491 g/mol. The van der Waals surface area contributed by atoms with Gasteiger partial charge in [-0.1, -0.05) is 15.9 Å². The van der Waals surface area contributed by atoms with Gasteiger partial charge in [-0.25, -0.2) is 0 Å². The predicted octanol–water partition coefficient (Wildman–Crippen LogP) is 3.32. The SMILES string of the molecule is CN1CCC(c2c(O)cc(O)c3c(=O)cc(-c4cc([N+](=O)[O-])ccc4Br)oc23)[C@H]1CO. The number of fused-ring (bicyclic) bond motifs is 1. The second kappa shape index (κ2) is 7.95. The molecule has 3 aromatic rings. The van der Waals surface area contributed by atoms with Crippen molar-refractivity contribution < 1.29 is 24.7 Å². The third kappa shape index (κ3) is 3.56. The Hall–Kier alpha value is -2.95. The Balaban J connectivity index is 2.02. The molecular formula is C21H19BrN2O7. The standard InChI is InChI=1S/C21H19BrN2O7/c1-23-5-4-11(14(23)9-25)19-15(26)7-16(27)20-17(28)8-18(31-21(19)20)12-6-10(24(29)30)2-3-13(12)22/h2-3,6-8,11,14,25-27H,4-5,9H2,1H3/t11?,14-/m1/s1. The number of non-ortho nitro benzene ring substituents is 1. The molecule has 9 nitrogen and oxygen atoms in total. The van der Waals surface area contributed by atoms with E-state index in [0.717, 1.165) is 12.1 Å². The zero-order chi connectivity index (χ0) is 22.4. The predicted molar refractivity (Wildman–Crippen MR) is 116 cm³/mol. The summed E-state index contributed by atoms with van der Waals surface area (Å²) in [6.45, 7) is 0.501. The van der Waals surface area contributed by atoms with E-state index in [-0.39, 0.29) is 52.3 Å². The summed E-state index contributed by atoms with van der Waals surface area (Å²) < 4.78 is 6.48. The summed E-state index contributed by atoms with van der Waals surface area (Å²) in [6.07, 6.45) is 0.601. The van der Waals surface area contributed by atoms with E-state index in [4.69, 9.17) is 4.42 Å². The number of benzene rings is 2. The summed E-state index contributed by atoms with van der Waals surface area (Å²) in [5.74, 6) is -0.972. The second-order valence-electron chi connectivity index (χ2n) is 7.55. The van der Waals surface area contributed by atoms with Crippen molar-refractivity contribution in [2.24, 2.45) is 0 Å². The minimum absolute atomic E-state index is 0.00263. The minimum atomic E-state index is -0.557. The van der Waals surface area contributed by atoms with Crippen molar-refractivity contribution in [2.75, 3.05) is 20.2 Å². The maximum Gasteiger partial charge on any atom is 0.270 e. The first-order valence-corrected chi connectivity index (χ1v) is 10.3. The van der Waals surface area contributed by atoms with E-state index in [2.05, 4.69) is 15.9 Å². The molecule has 0 bridgehead atoms. The third-order valence-electron chi connectivity index (χ3n) is 5.81. The topological polar surface area (TPSA) is 137 Å². The third-order valence-corrected chi connectivity index (χ3v) is 6.50. The van der Waals surface area contributed by atoms with Crippen LogP contribution in [0.3, 0.4) is 0 Å². The quantitative estimate of drug-likeness (QED) is 0.374. The first-order chi connectivity index (χ1) is 14.7. The molecule has 162 valence electrons. The molecule has 1 aromatic heterocycles. The molecule has 0 spiro atoms. The Morgan fingerprint density at radius 1 is 1.26 bits per heavy atom. The monoisotopic (exact) mass is 490 g/mol. The Bertz CT molecular complexity index is 1260. The number of aliphatic hydroxyl groups excluding tert-OH is 1. The van der Waals surface area contributed by atoms with Crippen LogP contribution in [0.4, 0.5) is 5.69 Å². The Morgan fingerprint density at radius 2 is 2.00 bits per heavy atom. The van der Waals surface area contributed by atoms with Gasteiger partial charge >= 0.3 is 0 Å². The number of nitro groups is 1. The molecule has 3 N–H and O–H groups in total. The molecule has 2 atom stereocenters. The molecule has 0 saturated carbocycles. The van der Waals surface area contributed by atoms with Crippen molar-refractivity contribution >= 4 is 32.6 Å². The number of rotatable bonds is 4. The van der Waals surface area contributed by atoms with E-state index >= 15 is 0 Å². The molecule has 0 aliphatic carbocycles. The number of nitrogens with zero attached hydrogens (tertiary/aromatic N) is 2.